The predicted octanol–water partition coefficient (Wildman–Crippen LogP) is 3.21. The molecular formula is C12H14. The Morgan fingerprint density at radius 2 is 2.33 bits per heavy atom. The third kappa shape index (κ3) is 0.989. The van der Waals surface area contributed by atoms with Crippen molar-refractivity contribution in [2.75, 3.05) is 0 Å². The van der Waals surface area contributed by atoms with Crippen molar-refractivity contribution in [3.05, 3.63) is 47.5 Å². The van der Waals surface area contributed by atoms with Gasteiger partial charge in [-0.25, -0.2) is 0 Å². The molecule has 0 fully saturated rings. The first-order valence-electron chi connectivity index (χ1n) is 4.54. The molecule has 1 atom stereocenters. The second-order valence-corrected chi connectivity index (χ2v) is 3.53. The Kier molecular flexibility index (Phi) is 1.76. The van der Waals surface area contributed by atoms with Crippen LogP contribution in [-0.2, 0) is 6.42 Å². The molecule has 0 heteroatoms. The van der Waals surface area contributed by atoms with Crippen molar-refractivity contribution in [1.29, 1.82) is 0 Å². The van der Waals surface area contributed by atoms with Crippen molar-refractivity contribution in [3.63, 3.8) is 0 Å². The summed E-state index contributed by atoms with van der Waals surface area (Å²) in [5.41, 5.74) is 4.49. The van der Waals surface area contributed by atoms with Crippen molar-refractivity contribution >= 4 is 0 Å². The van der Waals surface area contributed by atoms with Gasteiger partial charge in [0.1, 0.15) is 0 Å². The molecule has 0 bridgehead atoms. The van der Waals surface area contributed by atoms with Gasteiger partial charge in [0.15, 0.2) is 0 Å². The summed E-state index contributed by atoms with van der Waals surface area (Å²) in [5.74, 6) is 0.612. The van der Waals surface area contributed by atoms with Gasteiger partial charge in [0.2, 0.25) is 0 Å². The topological polar surface area (TPSA) is 0 Å². The Morgan fingerprint density at radius 3 is 3.08 bits per heavy atom. The fraction of sp³-hybridized carbons (Fsp3) is 0.333. The monoisotopic (exact) mass is 158 g/mol. The number of hydrogen-bond donors (Lipinski definition) is 0. The van der Waals surface area contributed by atoms with Crippen molar-refractivity contribution in [2.45, 2.75) is 25.7 Å². The number of benzene rings is 1. The van der Waals surface area contributed by atoms with Crippen molar-refractivity contribution < 1.29 is 0 Å². The third-order valence-corrected chi connectivity index (χ3v) is 2.79. The Morgan fingerprint density at radius 1 is 1.50 bits per heavy atom. The van der Waals surface area contributed by atoms with E-state index in [0.29, 0.717) is 5.92 Å². The number of hydrogen-bond acceptors (Lipinski definition) is 0. The molecule has 0 spiro atoms. The van der Waals surface area contributed by atoms with E-state index in [2.05, 4.69) is 37.8 Å². The standard InChI is InChI=1S/C12H14/c1-3-10-7-8-11-6-4-5-9(2)12(10)11/h3-6,10H,1,7-8H2,2H3. The zero-order valence-corrected chi connectivity index (χ0v) is 7.51. The summed E-state index contributed by atoms with van der Waals surface area (Å²) in [7, 11) is 0. The fourth-order valence-corrected chi connectivity index (χ4v) is 2.18. The van der Waals surface area contributed by atoms with Gasteiger partial charge < -0.3 is 0 Å². The van der Waals surface area contributed by atoms with Gasteiger partial charge in [0.05, 0.1) is 0 Å². The summed E-state index contributed by atoms with van der Waals surface area (Å²) in [6, 6.07) is 6.59. The fourth-order valence-electron chi connectivity index (χ4n) is 2.18. The van der Waals surface area contributed by atoms with Crippen LogP contribution in [0.2, 0.25) is 0 Å². The van der Waals surface area contributed by atoms with Crippen LogP contribution in [0.5, 0.6) is 0 Å². The van der Waals surface area contributed by atoms with Gasteiger partial charge in [-0.1, -0.05) is 24.3 Å². The molecule has 1 aliphatic carbocycles. The summed E-state index contributed by atoms with van der Waals surface area (Å²) in [4.78, 5) is 0. The van der Waals surface area contributed by atoms with Crippen LogP contribution < -0.4 is 0 Å². The molecule has 0 N–H and O–H groups in total. The van der Waals surface area contributed by atoms with Gasteiger partial charge in [0.25, 0.3) is 0 Å². The molecule has 12 heavy (non-hydrogen) atoms. The first kappa shape index (κ1) is 7.60. The van der Waals surface area contributed by atoms with Crippen LogP contribution in [0.4, 0.5) is 0 Å². The van der Waals surface area contributed by atoms with E-state index in [1.807, 2.05) is 0 Å². The zero-order chi connectivity index (χ0) is 8.55. The Bertz CT molecular complexity index is 310. The molecule has 0 amide bonds. The molecule has 0 aromatic heterocycles. The average Bonchev–Trinajstić information content (AvgIpc) is 2.49. The van der Waals surface area contributed by atoms with E-state index in [-0.39, 0.29) is 0 Å². The van der Waals surface area contributed by atoms with Gasteiger partial charge in [-0.3, -0.25) is 0 Å². The summed E-state index contributed by atoms with van der Waals surface area (Å²) < 4.78 is 0. The van der Waals surface area contributed by atoms with Gasteiger partial charge in [-0.05, 0) is 36.5 Å². The van der Waals surface area contributed by atoms with Crippen LogP contribution in [-0.4, -0.2) is 0 Å². The number of allylic oxidation sites excluding steroid dienone is 1. The lowest BCUT2D eigenvalue weighted by Gasteiger charge is -2.08. The van der Waals surface area contributed by atoms with Crippen molar-refractivity contribution in [1.82, 2.24) is 0 Å². The minimum absolute atomic E-state index is 0.612. The highest BCUT2D eigenvalue weighted by Gasteiger charge is 2.20. The van der Waals surface area contributed by atoms with E-state index in [4.69, 9.17) is 0 Å². The highest BCUT2D eigenvalue weighted by atomic mass is 14.2. The lowest BCUT2D eigenvalue weighted by atomic mass is 9.97. The number of fused-ring (bicyclic) bond motifs is 1. The maximum absolute atomic E-state index is 3.88. The zero-order valence-electron chi connectivity index (χ0n) is 7.51. The molecule has 0 saturated heterocycles. The highest BCUT2D eigenvalue weighted by Crippen LogP contribution is 2.35. The molecule has 0 radical (unpaired) electrons. The SMILES string of the molecule is C=CC1CCc2cccc(C)c21. The van der Waals surface area contributed by atoms with Gasteiger partial charge >= 0.3 is 0 Å². The lowest BCUT2D eigenvalue weighted by Crippen LogP contribution is -1.91. The smallest absolute Gasteiger partial charge is 0.00238 e. The van der Waals surface area contributed by atoms with E-state index in [9.17, 15) is 0 Å². The second kappa shape index (κ2) is 2.78. The largest absolute Gasteiger partial charge is 0.102 e. The van der Waals surface area contributed by atoms with Crippen LogP contribution in [0, 0.1) is 6.92 Å². The Labute approximate surface area is 73.9 Å². The van der Waals surface area contributed by atoms with E-state index in [0.717, 1.165) is 0 Å². The molecule has 0 aliphatic heterocycles. The summed E-state index contributed by atoms with van der Waals surface area (Å²) in [5, 5.41) is 0. The molecular weight excluding hydrogens is 144 g/mol. The quantitative estimate of drug-likeness (QED) is 0.550. The molecule has 1 aliphatic rings. The third-order valence-electron chi connectivity index (χ3n) is 2.79. The number of aryl methyl sites for hydroxylation is 2. The molecule has 0 nitrogen and oxygen atoms in total. The first-order valence-corrected chi connectivity index (χ1v) is 4.54. The van der Waals surface area contributed by atoms with Gasteiger partial charge in [-0.15, -0.1) is 6.58 Å². The minimum atomic E-state index is 0.612. The molecule has 2 rings (SSSR count). The van der Waals surface area contributed by atoms with Crippen LogP contribution in [0.3, 0.4) is 0 Å². The minimum Gasteiger partial charge on any atom is -0.102 e. The van der Waals surface area contributed by atoms with Gasteiger partial charge in [-0.2, -0.15) is 0 Å². The Balaban J connectivity index is 2.55. The van der Waals surface area contributed by atoms with Crippen LogP contribution in [0.15, 0.2) is 30.9 Å². The van der Waals surface area contributed by atoms with E-state index in [1.165, 1.54) is 29.5 Å². The first-order chi connectivity index (χ1) is 5.83. The van der Waals surface area contributed by atoms with Crippen molar-refractivity contribution in [2.24, 2.45) is 0 Å². The van der Waals surface area contributed by atoms with Crippen molar-refractivity contribution in [3.8, 4) is 0 Å². The average molecular weight is 158 g/mol. The normalized spacial score (nSPS) is 20.6. The molecule has 62 valence electrons. The summed E-state index contributed by atoms with van der Waals surface area (Å²) in [6.07, 6.45) is 4.57. The lowest BCUT2D eigenvalue weighted by molar-refractivity contribution is 0.812. The molecule has 0 heterocycles. The van der Waals surface area contributed by atoms with Gasteiger partial charge in [0, 0.05) is 5.92 Å². The van der Waals surface area contributed by atoms with E-state index >= 15 is 0 Å². The second-order valence-electron chi connectivity index (χ2n) is 3.53. The Hall–Kier alpha value is -1.04. The summed E-state index contributed by atoms with van der Waals surface area (Å²) in [6.45, 7) is 6.08. The maximum atomic E-state index is 3.88. The summed E-state index contributed by atoms with van der Waals surface area (Å²) >= 11 is 0. The predicted molar refractivity (Wildman–Crippen MR) is 52.4 cm³/mol. The molecule has 1 aromatic rings. The maximum Gasteiger partial charge on any atom is 0.00238 e. The molecule has 1 unspecified atom stereocenters. The van der Waals surface area contributed by atoms with Crippen LogP contribution in [0.25, 0.3) is 0 Å². The van der Waals surface area contributed by atoms with Crippen LogP contribution >= 0.6 is 0 Å². The number of rotatable bonds is 1. The highest BCUT2D eigenvalue weighted by molar-refractivity contribution is 5.42. The van der Waals surface area contributed by atoms with Crippen LogP contribution in [0.1, 0.15) is 29.0 Å². The van der Waals surface area contributed by atoms with E-state index < -0.39 is 0 Å². The molecule has 0 saturated carbocycles. The molecule has 1 aromatic carbocycles. The van der Waals surface area contributed by atoms with E-state index in [1.54, 1.807) is 0 Å².